The minimum Gasteiger partial charge on any atom is -0.311 e. The van der Waals surface area contributed by atoms with E-state index in [0.717, 1.165) is 67.5 Å². The summed E-state index contributed by atoms with van der Waals surface area (Å²) in [7, 11) is 0. The molecule has 0 aliphatic rings. The number of hydrogen-bond acceptors (Lipinski definition) is 3. The molecule has 0 aromatic heterocycles. The van der Waals surface area contributed by atoms with Gasteiger partial charge in [0.25, 0.3) is 0 Å². The molecule has 12 aromatic rings. The summed E-state index contributed by atoms with van der Waals surface area (Å²) in [5.74, 6) is 0. The zero-order valence-corrected chi connectivity index (χ0v) is 46.0. The van der Waals surface area contributed by atoms with Crippen LogP contribution in [0.4, 0.5) is 51.2 Å². The molecule has 0 saturated carbocycles. The predicted octanol–water partition coefficient (Wildman–Crippen LogP) is 22.0. The lowest BCUT2D eigenvalue weighted by Crippen LogP contribution is -2.16. The molecule has 0 bridgehead atoms. The molecule has 0 unspecified atom stereocenters. The van der Waals surface area contributed by atoms with Crippen LogP contribution in [0.15, 0.2) is 285 Å². The predicted molar refractivity (Wildman–Crippen MR) is 339 cm³/mol. The summed E-state index contributed by atoms with van der Waals surface area (Å²) in [5.41, 5.74) is 19.3. The molecule has 3 nitrogen and oxygen atoms in total. The molecule has 0 radical (unpaired) electrons. The van der Waals surface area contributed by atoms with E-state index in [1.54, 1.807) is 0 Å². The van der Waals surface area contributed by atoms with Gasteiger partial charge in [-0.05, 0) is 175 Å². The minimum atomic E-state index is -0.0838. The van der Waals surface area contributed by atoms with Crippen LogP contribution in [0.25, 0.3) is 54.9 Å². The van der Waals surface area contributed by atoms with E-state index in [2.05, 4.69) is 341 Å². The van der Waals surface area contributed by atoms with E-state index in [4.69, 9.17) is 0 Å². The van der Waals surface area contributed by atoms with E-state index in [0.29, 0.717) is 0 Å². The Hall–Kier alpha value is -9.44. The number of nitrogens with zero attached hydrogens (tertiary/aromatic N) is 3. The number of rotatable bonds is 12. The monoisotopic (exact) mass is 1020 g/mol. The molecule has 3 heteroatoms. The summed E-state index contributed by atoms with van der Waals surface area (Å²) in [6, 6.07) is 104. The fourth-order valence-electron chi connectivity index (χ4n) is 11.1. The molecule has 0 saturated heterocycles. The van der Waals surface area contributed by atoms with E-state index >= 15 is 0 Å². The molecule has 79 heavy (non-hydrogen) atoms. The maximum absolute atomic E-state index is 2.51. The van der Waals surface area contributed by atoms with Crippen LogP contribution in [0.5, 0.6) is 0 Å². The van der Waals surface area contributed by atoms with Crippen molar-refractivity contribution >= 4 is 72.7 Å². The molecule has 0 atom stereocenters. The Labute approximate surface area is 467 Å². The van der Waals surface area contributed by atoms with Crippen LogP contribution >= 0.6 is 0 Å². The van der Waals surface area contributed by atoms with Crippen molar-refractivity contribution in [3.8, 4) is 33.4 Å². The van der Waals surface area contributed by atoms with Crippen molar-refractivity contribution in [2.75, 3.05) is 14.7 Å². The van der Waals surface area contributed by atoms with E-state index in [1.807, 2.05) is 0 Å². The van der Waals surface area contributed by atoms with Gasteiger partial charge in [-0.15, -0.1) is 0 Å². The maximum atomic E-state index is 2.51. The van der Waals surface area contributed by atoms with E-state index in [-0.39, 0.29) is 10.8 Å². The summed E-state index contributed by atoms with van der Waals surface area (Å²) >= 11 is 0. The normalized spacial score (nSPS) is 11.7. The number of benzene rings is 12. The molecule has 12 aromatic carbocycles. The summed E-state index contributed by atoms with van der Waals surface area (Å²) in [4.78, 5) is 7.17. The Balaban J connectivity index is 1.17. The lowest BCUT2D eigenvalue weighted by Gasteiger charge is -2.32. The van der Waals surface area contributed by atoms with Gasteiger partial charge in [0.1, 0.15) is 0 Å². The number of para-hydroxylation sites is 4. The Bertz CT molecular complexity index is 3800. The van der Waals surface area contributed by atoms with E-state index < -0.39 is 0 Å². The quantitative estimate of drug-likeness (QED) is 0.113. The Morgan fingerprint density at radius 2 is 0.519 bits per heavy atom. The zero-order valence-electron chi connectivity index (χ0n) is 46.0. The van der Waals surface area contributed by atoms with Gasteiger partial charge in [-0.2, -0.15) is 0 Å². The average molecular weight is 1020 g/mol. The van der Waals surface area contributed by atoms with Crippen LogP contribution < -0.4 is 14.7 Å². The van der Waals surface area contributed by atoms with Gasteiger partial charge in [0.15, 0.2) is 0 Å². The highest BCUT2D eigenvalue weighted by Crippen LogP contribution is 2.52. The standard InChI is InChI=1S/C76H65N3/c1-75(2,3)59-49-58(50-60(53-59)76(4,5)6)73-69-47-37-57(55-27-15-8-16-28-55)52-72(69)74(70-48-38-56(51-71(70)73)54-25-13-7-14-26-54)79(67-43-39-65(40-44-67)77(61-29-17-9-18-30-61)62-31-19-10-20-32-62)68-45-41-66(42-46-68)78(63-33-21-11-22-34-63)64-35-23-12-24-36-64/h7-53H,1-6H3. The molecule has 0 heterocycles. The number of anilines is 9. The van der Waals surface area contributed by atoms with Gasteiger partial charge in [0.2, 0.25) is 0 Å². The maximum Gasteiger partial charge on any atom is 0.0619 e. The number of fused-ring (bicyclic) bond motifs is 2. The fraction of sp³-hybridized carbons (Fsp3) is 0.105. The van der Waals surface area contributed by atoms with Gasteiger partial charge in [0, 0.05) is 56.3 Å². The second kappa shape index (κ2) is 21.2. The molecular weight excluding hydrogens is 955 g/mol. The van der Waals surface area contributed by atoms with Crippen LogP contribution in [0, 0.1) is 0 Å². The second-order valence-electron chi connectivity index (χ2n) is 22.7. The lowest BCUT2D eigenvalue weighted by atomic mass is 9.77. The highest BCUT2D eigenvalue weighted by molar-refractivity contribution is 6.23. The third-order valence-electron chi connectivity index (χ3n) is 15.3. The fourth-order valence-corrected chi connectivity index (χ4v) is 11.1. The third kappa shape index (κ3) is 10.2. The zero-order chi connectivity index (χ0) is 54.1. The summed E-state index contributed by atoms with van der Waals surface area (Å²) in [6.45, 7) is 14.0. The van der Waals surface area contributed by atoms with E-state index in [9.17, 15) is 0 Å². The molecule has 0 fully saturated rings. The van der Waals surface area contributed by atoms with Crippen molar-refractivity contribution < 1.29 is 0 Å². The smallest absolute Gasteiger partial charge is 0.0619 e. The third-order valence-corrected chi connectivity index (χ3v) is 15.3. The Morgan fingerprint density at radius 1 is 0.215 bits per heavy atom. The van der Waals surface area contributed by atoms with Crippen LogP contribution in [0.1, 0.15) is 52.7 Å². The first-order valence-corrected chi connectivity index (χ1v) is 27.6. The van der Waals surface area contributed by atoms with Crippen molar-refractivity contribution in [3.05, 3.63) is 296 Å². The van der Waals surface area contributed by atoms with Gasteiger partial charge < -0.3 is 14.7 Å². The van der Waals surface area contributed by atoms with Gasteiger partial charge in [-0.1, -0.05) is 217 Å². The van der Waals surface area contributed by atoms with Crippen LogP contribution in [-0.2, 0) is 10.8 Å². The highest BCUT2D eigenvalue weighted by atomic mass is 15.2. The summed E-state index contributed by atoms with van der Waals surface area (Å²) in [5, 5.41) is 4.70. The van der Waals surface area contributed by atoms with Crippen LogP contribution in [-0.4, -0.2) is 0 Å². The second-order valence-corrected chi connectivity index (χ2v) is 22.7. The van der Waals surface area contributed by atoms with Crippen molar-refractivity contribution in [1.82, 2.24) is 0 Å². The highest BCUT2D eigenvalue weighted by Gasteiger charge is 2.27. The molecule has 0 N–H and O–H groups in total. The first kappa shape index (κ1) is 50.4. The van der Waals surface area contributed by atoms with Crippen molar-refractivity contribution in [1.29, 1.82) is 0 Å². The molecule has 12 rings (SSSR count). The molecule has 384 valence electrons. The Kier molecular flexibility index (Phi) is 13.5. The largest absolute Gasteiger partial charge is 0.311 e. The topological polar surface area (TPSA) is 9.72 Å². The van der Waals surface area contributed by atoms with Crippen LogP contribution in [0.2, 0.25) is 0 Å². The molecule has 0 spiro atoms. The SMILES string of the molecule is CC(C)(C)c1cc(-c2c3cc(-c4ccccc4)ccc3c(N(c3ccc(N(c4ccccc4)c4ccccc4)cc3)c3ccc(N(c4ccccc4)c4ccccc4)cc3)c3cc(-c4ccccc4)ccc23)cc(C(C)(C)C)c1. The summed E-state index contributed by atoms with van der Waals surface area (Å²) < 4.78 is 0. The van der Waals surface area contributed by atoms with E-state index in [1.165, 1.54) is 49.7 Å². The van der Waals surface area contributed by atoms with Gasteiger partial charge in [-0.25, -0.2) is 0 Å². The van der Waals surface area contributed by atoms with Gasteiger partial charge in [-0.3, -0.25) is 0 Å². The molecule has 0 aliphatic heterocycles. The molecular formula is C76H65N3. The molecule has 0 amide bonds. The average Bonchev–Trinajstić information content (AvgIpc) is 3.68. The van der Waals surface area contributed by atoms with Crippen LogP contribution in [0.3, 0.4) is 0 Å². The van der Waals surface area contributed by atoms with Crippen molar-refractivity contribution in [2.24, 2.45) is 0 Å². The number of hydrogen-bond donors (Lipinski definition) is 0. The molecule has 0 aliphatic carbocycles. The Morgan fingerprint density at radius 3 is 0.873 bits per heavy atom. The first-order chi connectivity index (χ1) is 38.5. The summed E-state index contributed by atoms with van der Waals surface area (Å²) in [6.07, 6.45) is 0. The van der Waals surface area contributed by atoms with Gasteiger partial charge in [0.05, 0.1) is 5.69 Å². The minimum absolute atomic E-state index is 0.0838. The van der Waals surface area contributed by atoms with Crippen molar-refractivity contribution in [2.45, 2.75) is 52.4 Å². The van der Waals surface area contributed by atoms with Crippen molar-refractivity contribution in [3.63, 3.8) is 0 Å². The van der Waals surface area contributed by atoms with Gasteiger partial charge >= 0.3 is 0 Å². The first-order valence-electron chi connectivity index (χ1n) is 27.6. The lowest BCUT2D eigenvalue weighted by molar-refractivity contribution is 0.569.